The summed E-state index contributed by atoms with van der Waals surface area (Å²) in [5.41, 5.74) is 3.12. The molecular formula is C14H23N3O3SSe. The monoisotopic (exact) mass is 393 g/mol. The Hall–Kier alpha value is -0.841. The van der Waals surface area contributed by atoms with Gasteiger partial charge in [0.15, 0.2) is 0 Å². The Morgan fingerprint density at radius 2 is 2.41 bits per heavy atom. The van der Waals surface area contributed by atoms with E-state index in [1.165, 1.54) is 0 Å². The summed E-state index contributed by atoms with van der Waals surface area (Å²) in [4.78, 5) is 2.17. The van der Waals surface area contributed by atoms with Crippen molar-refractivity contribution in [1.29, 1.82) is 5.26 Å². The molecule has 0 aromatic carbocycles. The molecule has 124 valence electrons. The fourth-order valence-electron chi connectivity index (χ4n) is 2.08. The van der Waals surface area contributed by atoms with Crippen molar-refractivity contribution in [3.05, 3.63) is 22.8 Å². The molecular weight excluding hydrogens is 369 g/mol. The van der Waals surface area contributed by atoms with Crippen molar-refractivity contribution in [3.63, 3.8) is 0 Å². The Morgan fingerprint density at radius 3 is 3.00 bits per heavy atom. The van der Waals surface area contributed by atoms with Crippen molar-refractivity contribution in [2.45, 2.75) is 38.1 Å². The molecule has 0 aliphatic carbocycles. The second-order valence-electron chi connectivity index (χ2n) is 4.94. The van der Waals surface area contributed by atoms with E-state index >= 15 is 0 Å². The van der Waals surface area contributed by atoms with Crippen molar-refractivity contribution in [1.82, 2.24) is 10.4 Å². The summed E-state index contributed by atoms with van der Waals surface area (Å²) in [5.74, 6) is -0.0349. The van der Waals surface area contributed by atoms with Gasteiger partial charge in [0, 0.05) is 0 Å². The Balaban J connectivity index is 2.66. The van der Waals surface area contributed by atoms with Gasteiger partial charge in [-0.25, -0.2) is 0 Å². The Bertz CT molecular complexity index is 554. The first-order chi connectivity index (χ1) is 10.4. The molecule has 0 aromatic rings. The number of hydroxylamine groups is 1. The van der Waals surface area contributed by atoms with Crippen molar-refractivity contribution in [2.75, 3.05) is 18.8 Å². The summed E-state index contributed by atoms with van der Waals surface area (Å²) in [5, 5.41) is 10.3. The van der Waals surface area contributed by atoms with Crippen LogP contribution in [0.5, 0.6) is 0 Å². The molecule has 1 fully saturated rings. The third-order valence-electron chi connectivity index (χ3n) is 3.12. The maximum absolute atomic E-state index is 11.6. The van der Waals surface area contributed by atoms with Gasteiger partial charge in [-0.05, 0) is 0 Å². The van der Waals surface area contributed by atoms with Gasteiger partial charge >= 0.3 is 139 Å². The van der Waals surface area contributed by atoms with Gasteiger partial charge in [-0.2, -0.15) is 0 Å². The normalized spacial score (nSPS) is 20.8. The number of rotatable bonds is 9. The van der Waals surface area contributed by atoms with E-state index in [0.29, 0.717) is 32.0 Å². The molecule has 1 atom stereocenters. The van der Waals surface area contributed by atoms with Crippen molar-refractivity contribution in [3.8, 4) is 6.07 Å². The van der Waals surface area contributed by atoms with Crippen LogP contribution in [0, 0.1) is 11.3 Å². The predicted octanol–water partition coefficient (Wildman–Crippen LogP) is 1.39. The standard InChI is InChI=1S/C14H23N3O3SSe/c1-4-7-13(10-15)14-17(12(3)11-22-14)8-6-9-21(18,19)20-16-5-2/h4,12,16H,1,5-9,11H2,2-3H3/b14-13-. The third kappa shape index (κ3) is 5.75. The second kappa shape index (κ2) is 9.33. The zero-order valence-corrected chi connectivity index (χ0v) is 15.6. The maximum atomic E-state index is 11.6. The van der Waals surface area contributed by atoms with E-state index in [0.717, 1.165) is 15.5 Å². The Morgan fingerprint density at radius 1 is 1.68 bits per heavy atom. The minimum atomic E-state index is -3.54. The molecule has 0 bridgehead atoms. The van der Waals surface area contributed by atoms with Crippen LogP contribution in [0.25, 0.3) is 0 Å². The molecule has 1 aliphatic heterocycles. The first-order valence-electron chi connectivity index (χ1n) is 7.22. The van der Waals surface area contributed by atoms with E-state index < -0.39 is 10.1 Å². The molecule has 1 aliphatic rings. The molecule has 1 heterocycles. The summed E-state index contributed by atoms with van der Waals surface area (Å²) in [6.45, 7) is 8.62. The van der Waals surface area contributed by atoms with E-state index in [1.54, 1.807) is 13.0 Å². The van der Waals surface area contributed by atoms with Crippen molar-refractivity contribution >= 4 is 25.1 Å². The molecule has 1 N–H and O–H groups in total. The molecule has 0 spiro atoms. The zero-order valence-electron chi connectivity index (χ0n) is 13.0. The van der Waals surface area contributed by atoms with Crippen LogP contribution in [-0.2, 0) is 14.4 Å². The molecule has 22 heavy (non-hydrogen) atoms. The van der Waals surface area contributed by atoms with Crippen LogP contribution in [-0.4, -0.2) is 53.2 Å². The van der Waals surface area contributed by atoms with Crippen LogP contribution in [0.2, 0.25) is 5.32 Å². The Kier molecular flexibility index (Phi) is 8.15. The summed E-state index contributed by atoms with van der Waals surface area (Å²) >= 11 is 0.270. The summed E-state index contributed by atoms with van der Waals surface area (Å²) in [6, 6.07) is 2.61. The van der Waals surface area contributed by atoms with E-state index in [1.807, 2.05) is 0 Å². The molecule has 1 unspecified atom stereocenters. The van der Waals surface area contributed by atoms with Gasteiger partial charge in [0.1, 0.15) is 0 Å². The molecule has 0 aromatic heterocycles. The van der Waals surface area contributed by atoms with Crippen molar-refractivity contribution < 1.29 is 12.7 Å². The van der Waals surface area contributed by atoms with Gasteiger partial charge in [-0.3, -0.25) is 0 Å². The molecule has 0 amide bonds. The number of allylic oxidation sites excluding steroid dienone is 2. The number of hydrogen-bond acceptors (Lipinski definition) is 6. The average Bonchev–Trinajstić information content (AvgIpc) is 2.84. The average molecular weight is 392 g/mol. The third-order valence-corrected chi connectivity index (χ3v) is 7.22. The Labute approximate surface area is 139 Å². The number of nitrogens with zero attached hydrogens (tertiary/aromatic N) is 2. The molecule has 0 radical (unpaired) electrons. The second-order valence-corrected chi connectivity index (χ2v) is 8.74. The van der Waals surface area contributed by atoms with E-state index in [4.69, 9.17) is 0 Å². The molecule has 6 nitrogen and oxygen atoms in total. The zero-order chi connectivity index (χ0) is 16.6. The number of hydrogen-bond donors (Lipinski definition) is 1. The van der Waals surface area contributed by atoms with Gasteiger partial charge in [0.2, 0.25) is 0 Å². The quantitative estimate of drug-likeness (QED) is 0.276. The van der Waals surface area contributed by atoms with Gasteiger partial charge in [0.05, 0.1) is 0 Å². The molecule has 1 rings (SSSR count). The first kappa shape index (κ1) is 19.2. The number of nitriles is 1. The first-order valence-corrected chi connectivity index (χ1v) is 10.9. The van der Waals surface area contributed by atoms with Gasteiger partial charge in [0.25, 0.3) is 0 Å². The summed E-state index contributed by atoms with van der Waals surface area (Å²) in [7, 11) is -3.54. The van der Waals surface area contributed by atoms with Gasteiger partial charge in [-0.15, -0.1) is 0 Å². The van der Waals surface area contributed by atoms with Gasteiger partial charge in [-0.1, -0.05) is 0 Å². The van der Waals surface area contributed by atoms with E-state index in [9.17, 15) is 13.7 Å². The van der Waals surface area contributed by atoms with Crippen molar-refractivity contribution in [2.24, 2.45) is 0 Å². The van der Waals surface area contributed by atoms with Crippen LogP contribution in [0.3, 0.4) is 0 Å². The van der Waals surface area contributed by atoms with E-state index in [-0.39, 0.29) is 20.7 Å². The van der Waals surface area contributed by atoms with Gasteiger partial charge < -0.3 is 0 Å². The minimum absolute atomic E-state index is 0.0349. The van der Waals surface area contributed by atoms with Crippen LogP contribution >= 0.6 is 0 Å². The fourth-order valence-corrected chi connectivity index (χ4v) is 5.71. The molecule has 1 saturated heterocycles. The fraction of sp³-hybridized carbons (Fsp3) is 0.643. The number of nitrogens with one attached hydrogen (secondary N) is 1. The predicted molar refractivity (Wildman–Crippen MR) is 87.3 cm³/mol. The molecule has 0 saturated carbocycles. The van der Waals surface area contributed by atoms with Crippen LogP contribution in [0.1, 0.15) is 26.7 Å². The summed E-state index contributed by atoms with van der Waals surface area (Å²) < 4.78 is 29.0. The van der Waals surface area contributed by atoms with Crippen LogP contribution in [0.15, 0.2) is 22.8 Å². The van der Waals surface area contributed by atoms with Crippen LogP contribution in [0.4, 0.5) is 0 Å². The topological polar surface area (TPSA) is 82.4 Å². The summed E-state index contributed by atoms with van der Waals surface area (Å²) in [6.07, 6.45) is 2.78. The van der Waals surface area contributed by atoms with E-state index in [2.05, 4.69) is 34.2 Å². The SMILES string of the molecule is C=CC/C(C#N)=C1/[Se]CC(C)N1CCCS(=O)(=O)ONCC. The molecule has 8 heteroatoms. The van der Waals surface area contributed by atoms with Crippen LogP contribution < -0.4 is 5.48 Å².